The Balaban J connectivity index is 1.42. The summed E-state index contributed by atoms with van der Waals surface area (Å²) in [6.07, 6.45) is 16.7. The third kappa shape index (κ3) is 3.15. The minimum absolute atomic E-state index is 0.000536. The molecule has 2 aromatic carbocycles. The van der Waals surface area contributed by atoms with Crippen LogP contribution in [0.1, 0.15) is 37.8 Å². The van der Waals surface area contributed by atoms with Crippen LogP contribution in [0.4, 0.5) is 11.4 Å². The highest BCUT2D eigenvalue weighted by Crippen LogP contribution is 2.51. The maximum Gasteiger partial charge on any atom is 0.263 e. The van der Waals surface area contributed by atoms with E-state index in [0.717, 1.165) is 39.2 Å². The number of allylic oxidation sites excluding steroid dienone is 2. The standard InChI is InChI=1S/C29H20N6O2/c1-34-28(36)21-3-2-4-26(27(21)29(34)37)35-24-7-5-17(19-11-30-15-31-12-19)9-22(24)23-10-18(6-8-25(23)35)20-13-32-16-33-14-20/h2-16,22,24H,1H3. The molecule has 2 amide bonds. The van der Waals surface area contributed by atoms with Crippen LogP contribution in [0, 0.1) is 0 Å². The van der Waals surface area contributed by atoms with E-state index in [2.05, 4.69) is 55.2 Å². The molecule has 2 aromatic heterocycles. The molecule has 0 bridgehead atoms. The monoisotopic (exact) mass is 484 g/mol. The fourth-order valence-corrected chi connectivity index (χ4v) is 5.53. The first-order valence-electron chi connectivity index (χ1n) is 11.9. The zero-order valence-corrected chi connectivity index (χ0v) is 19.8. The normalized spacial score (nSPS) is 19.5. The van der Waals surface area contributed by atoms with Crippen LogP contribution in [0.25, 0.3) is 16.7 Å². The average molecular weight is 485 g/mol. The highest BCUT2D eigenvalue weighted by molar-refractivity contribution is 6.24. The zero-order valence-electron chi connectivity index (χ0n) is 19.8. The minimum Gasteiger partial charge on any atom is -0.333 e. The number of fused-ring (bicyclic) bond motifs is 4. The fraction of sp³-hybridized carbons (Fsp3) is 0.103. The summed E-state index contributed by atoms with van der Waals surface area (Å²) in [5, 5.41) is 0. The molecular formula is C29H20N6O2. The summed E-state index contributed by atoms with van der Waals surface area (Å²) in [5.41, 5.74) is 7.63. The van der Waals surface area contributed by atoms with Gasteiger partial charge in [-0.25, -0.2) is 19.9 Å². The predicted octanol–water partition coefficient (Wildman–Crippen LogP) is 4.42. The van der Waals surface area contributed by atoms with Gasteiger partial charge < -0.3 is 4.90 Å². The first-order valence-corrected chi connectivity index (χ1v) is 11.9. The summed E-state index contributed by atoms with van der Waals surface area (Å²) in [4.78, 5) is 46.0. The zero-order chi connectivity index (χ0) is 25.1. The number of carbonyl (C=O) groups excluding carboxylic acids is 2. The van der Waals surface area contributed by atoms with E-state index in [-0.39, 0.29) is 23.8 Å². The lowest BCUT2D eigenvalue weighted by Crippen LogP contribution is -2.30. The molecule has 2 unspecified atom stereocenters. The molecule has 7 rings (SSSR count). The van der Waals surface area contributed by atoms with Crippen LogP contribution < -0.4 is 4.90 Å². The van der Waals surface area contributed by atoms with E-state index >= 15 is 0 Å². The Labute approximate surface area is 212 Å². The lowest BCUT2D eigenvalue weighted by atomic mass is 9.86. The molecule has 3 aliphatic rings. The molecule has 0 fully saturated rings. The number of rotatable bonds is 3. The van der Waals surface area contributed by atoms with Gasteiger partial charge in [-0.15, -0.1) is 0 Å². The molecule has 2 atom stereocenters. The number of imide groups is 1. The van der Waals surface area contributed by atoms with Crippen LogP contribution in [0.5, 0.6) is 0 Å². The van der Waals surface area contributed by atoms with Crippen molar-refractivity contribution in [2.24, 2.45) is 0 Å². The molecule has 2 aliphatic heterocycles. The Morgan fingerprint density at radius 2 is 1.51 bits per heavy atom. The molecule has 8 heteroatoms. The maximum absolute atomic E-state index is 13.2. The molecule has 1 aliphatic carbocycles. The van der Waals surface area contributed by atoms with E-state index in [9.17, 15) is 9.59 Å². The van der Waals surface area contributed by atoms with Crippen molar-refractivity contribution in [2.75, 3.05) is 11.9 Å². The number of amides is 2. The summed E-state index contributed by atoms with van der Waals surface area (Å²) in [5.74, 6) is -0.556. The van der Waals surface area contributed by atoms with Gasteiger partial charge >= 0.3 is 0 Å². The van der Waals surface area contributed by atoms with Crippen molar-refractivity contribution in [1.29, 1.82) is 0 Å². The summed E-state index contributed by atoms with van der Waals surface area (Å²) >= 11 is 0. The third-order valence-electron chi connectivity index (χ3n) is 7.29. The van der Waals surface area contributed by atoms with E-state index in [4.69, 9.17) is 0 Å². The number of anilines is 2. The van der Waals surface area contributed by atoms with Gasteiger partial charge in [-0.1, -0.05) is 30.4 Å². The third-order valence-corrected chi connectivity index (χ3v) is 7.29. The molecule has 0 N–H and O–H groups in total. The molecule has 0 radical (unpaired) electrons. The van der Waals surface area contributed by atoms with Crippen LogP contribution in [0.15, 0.2) is 92.1 Å². The molecule has 0 saturated carbocycles. The van der Waals surface area contributed by atoms with E-state index in [1.807, 2.05) is 18.2 Å². The van der Waals surface area contributed by atoms with Crippen molar-refractivity contribution in [1.82, 2.24) is 24.8 Å². The minimum atomic E-state index is -0.281. The number of carbonyl (C=O) groups is 2. The molecule has 0 spiro atoms. The Hall–Kier alpha value is -4.98. The Kier molecular flexibility index (Phi) is 4.62. The number of hydrogen-bond donors (Lipinski definition) is 0. The Morgan fingerprint density at radius 1 is 0.784 bits per heavy atom. The lowest BCUT2D eigenvalue weighted by Gasteiger charge is -2.30. The van der Waals surface area contributed by atoms with Crippen LogP contribution in [-0.2, 0) is 0 Å². The van der Waals surface area contributed by atoms with Gasteiger partial charge in [0.2, 0.25) is 0 Å². The predicted molar refractivity (Wildman–Crippen MR) is 138 cm³/mol. The van der Waals surface area contributed by atoms with E-state index in [1.165, 1.54) is 24.6 Å². The van der Waals surface area contributed by atoms with E-state index < -0.39 is 0 Å². The quantitative estimate of drug-likeness (QED) is 0.398. The first kappa shape index (κ1) is 21.3. The second-order valence-electron chi connectivity index (χ2n) is 9.26. The summed E-state index contributed by atoms with van der Waals surface area (Å²) in [7, 11) is 1.53. The van der Waals surface area contributed by atoms with Crippen molar-refractivity contribution >= 4 is 28.8 Å². The van der Waals surface area contributed by atoms with E-state index in [0.29, 0.717) is 11.1 Å². The van der Waals surface area contributed by atoms with Gasteiger partial charge in [0.1, 0.15) is 12.7 Å². The van der Waals surface area contributed by atoms with Crippen molar-refractivity contribution in [3.63, 3.8) is 0 Å². The molecule has 37 heavy (non-hydrogen) atoms. The van der Waals surface area contributed by atoms with Gasteiger partial charge in [-0.2, -0.15) is 0 Å². The van der Waals surface area contributed by atoms with Crippen molar-refractivity contribution in [3.05, 3.63) is 114 Å². The summed E-state index contributed by atoms with van der Waals surface area (Å²) < 4.78 is 0. The number of nitrogens with zero attached hydrogens (tertiary/aromatic N) is 6. The van der Waals surface area contributed by atoms with Crippen LogP contribution in [-0.4, -0.2) is 49.7 Å². The van der Waals surface area contributed by atoms with Gasteiger partial charge in [0.25, 0.3) is 11.8 Å². The van der Waals surface area contributed by atoms with Crippen LogP contribution >= 0.6 is 0 Å². The number of hydrogen-bond acceptors (Lipinski definition) is 7. The molecule has 8 nitrogen and oxygen atoms in total. The Morgan fingerprint density at radius 3 is 2.27 bits per heavy atom. The van der Waals surface area contributed by atoms with Gasteiger partial charge in [-0.3, -0.25) is 14.5 Å². The van der Waals surface area contributed by atoms with Crippen molar-refractivity contribution in [3.8, 4) is 11.1 Å². The highest BCUT2D eigenvalue weighted by Gasteiger charge is 2.43. The van der Waals surface area contributed by atoms with Gasteiger partial charge in [-0.05, 0) is 41.0 Å². The SMILES string of the molecule is CN1C(=O)c2cccc(N3c4ccc(-c5cncnc5)cc4C4C=C(c5cncnc5)C=CC43)c2C1=O. The molecule has 4 aromatic rings. The number of benzene rings is 2. The molecule has 0 saturated heterocycles. The Bertz CT molecular complexity index is 1650. The highest BCUT2D eigenvalue weighted by atomic mass is 16.2. The second kappa shape index (κ2) is 8.03. The topological polar surface area (TPSA) is 92.2 Å². The number of aromatic nitrogens is 4. The molecular weight excluding hydrogens is 464 g/mol. The second-order valence-corrected chi connectivity index (χ2v) is 9.26. The molecule has 178 valence electrons. The van der Waals surface area contributed by atoms with Crippen molar-refractivity contribution in [2.45, 2.75) is 12.0 Å². The average Bonchev–Trinajstić information content (AvgIpc) is 3.40. The fourth-order valence-electron chi connectivity index (χ4n) is 5.53. The molecule has 4 heterocycles. The lowest BCUT2D eigenvalue weighted by molar-refractivity contribution is 0.0693. The van der Waals surface area contributed by atoms with Crippen LogP contribution in [0.2, 0.25) is 0 Å². The maximum atomic E-state index is 13.2. The van der Waals surface area contributed by atoms with Crippen molar-refractivity contribution < 1.29 is 9.59 Å². The summed E-state index contributed by atoms with van der Waals surface area (Å²) in [6, 6.07) is 11.7. The van der Waals surface area contributed by atoms with Gasteiger partial charge in [0.15, 0.2) is 0 Å². The first-order chi connectivity index (χ1) is 18.1. The largest absolute Gasteiger partial charge is 0.333 e. The smallest absolute Gasteiger partial charge is 0.263 e. The van der Waals surface area contributed by atoms with Gasteiger partial charge in [0.05, 0.1) is 22.9 Å². The summed E-state index contributed by atoms with van der Waals surface area (Å²) in [6.45, 7) is 0. The van der Waals surface area contributed by atoms with Gasteiger partial charge in [0, 0.05) is 54.6 Å². The van der Waals surface area contributed by atoms with Crippen LogP contribution in [0.3, 0.4) is 0 Å². The van der Waals surface area contributed by atoms with E-state index in [1.54, 1.807) is 30.9 Å².